The SMILES string of the molecule is Cc1ccccc1C(O)CC1CCCNC1. The highest BCUT2D eigenvalue weighted by Gasteiger charge is 2.18. The second kappa shape index (κ2) is 5.46. The summed E-state index contributed by atoms with van der Waals surface area (Å²) < 4.78 is 0. The molecule has 0 spiro atoms. The highest BCUT2D eigenvalue weighted by atomic mass is 16.3. The van der Waals surface area contributed by atoms with Gasteiger partial charge < -0.3 is 10.4 Å². The van der Waals surface area contributed by atoms with Crippen LogP contribution in [0.1, 0.15) is 36.5 Å². The first-order valence-electron chi connectivity index (χ1n) is 6.21. The van der Waals surface area contributed by atoms with Crippen LogP contribution in [0, 0.1) is 12.8 Å². The van der Waals surface area contributed by atoms with E-state index in [1.54, 1.807) is 0 Å². The number of aliphatic hydroxyl groups is 1. The quantitative estimate of drug-likeness (QED) is 0.818. The van der Waals surface area contributed by atoms with Gasteiger partial charge in [0.05, 0.1) is 6.10 Å². The Balaban J connectivity index is 1.96. The van der Waals surface area contributed by atoms with Crippen molar-refractivity contribution in [3.05, 3.63) is 35.4 Å². The molecule has 2 rings (SSSR count). The number of piperidine rings is 1. The number of aliphatic hydroxyl groups excluding tert-OH is 1. The molecule has 1 saturated heterocycles. The number of benzene rings is 1. The standard InChI is InChI=1S/C14H21NO/c1-11-5-2-3-7-13(11)14(16)9-12-6-4-8-15-10-12/h2-3,5,7,12,14-16H,4,6,8-10H2,1H3. The fraction of sp³-hybridized carbons (Fsp3) is 0.571. The van der Waals surface area contributed by atoms with Crippen molar-refractivity contribution in [2.75, 3.05) is 13.1 Å². The fourth-order valence-corrected chi connectivity index (χ4v) is 2.53. The number of aryl methyl sites for hydroxylation is 1. The van der Waals surface area contributed by atoms with E-state index < -0.39 is 0 Å². The Morgan fingerprint density at radius 1 is 1.44 bits per heavy atom. The largest absolute Gasteiger partial charge is 0.388 e. The minimum atomic E-state index is -0.300. The van der Waals surface area contributed by atoms with Gasteiger partial charge in [0.15, 0.2) is 0 Å². The summed E-state index contributed by atoms with van der Waals surface area (Å²) >= 11 is 0. The summed E-state index contributed by atoms with van der Waals surface area (Å²) in [6, 6.07) is 8.13. The average molecular weight is 219 g/mol. The molecule has 2 nitrogen and oxygen atoms in total. The molecular formula is C14H21NO. The molecule has 0 saturated carbocycles. The fourth-order valence-electron chi connectivity index (χ4n) is 2.53. The minimum Gasteiger partial charge on any atom is -0.388 e. The van der Waals surface area contributed by atoms with Crippen molar-refractivity contribution >= 4 is 0 Å². The van der Waals surface area contributed by atoms with Gasteiger partial charge >= 0.3 is 0 Å². The van der Waals surface area contributed by atoms with E-state index in [0.29, 0.717) is 5.92 Å². The van der Waals surface area contributed by atoms with Gasteiger partial charge in [-0.3, -0.25) is 0 Å². The van der Waals surface area contributed by atoms with Gasteiger partial charge in [0.25, 0.3) is 0 Å². The molecule has 0 aromatic heterocycles. The number of hydrogen-bond donors (Lipinski definition) is 2. The summed E-state index contributed by atoms with van der Waals surface area (Å²) in [5.74, 6) is 0.628. The summed E-state index contributed by atoms with van der Waals surface area (Å²) in [6.07, 6.45) is 3.07. The van der Waals surface area contributed by atoms with Crippen LogP contribution in [0.15, 0.2) is 24.3 Å². The van der Waals surface area contributed by atoms with Crippen LogP contribution in [0.2, 0.25) is 0 Å². The molecule has 16 heavy (non-hydrogen) atoms. The van der Waals surface area contributed by atoms with Gasteiger partial charge in [-0.05, 0) is 56.3 Å². The summed E-state index contributed by atoms with van der Waals surface area (Å²) in [6.45, 7) is 4.26. The van der Waals surface area contributed by atoms with Crippen LogP contribution in [-0.2, 0) is 0 Å². The molecule has 2 heteroatoms. The number of nitrogens with one attached hydrogen (secondary N) is 1. The highest BCUT2D eigenvalue weighted by molar-refractivity contribution is 5.27. The van der Waals surface area contributed by atoms with E-state index in [0.717, 1.165) is 25.1 Å². The van der Waals surface area contributed by atoms with Gasteiger partial charge in [0.1, 0.15) is 0 Å². The molecule has 1 fully saturated rings. The molecule has 0 amide bonds. The van der Waals surface area contributed by atoms with Crippen LogP contribution >= 0.6 is 0 Å². The first-order chi connectivity index (χ1) is 7.77. The van der Waals surface area contributed by atoms with Gasteiger partial charge in [-0.25, -0.2) is 0 Å². The smallest absolute Gasteiger partial charge is 0.0795 e. The molecule has 1 aromatic carbocycles. The maximum Gasteiger partial charge on any atom is 0.0795 e. The van der Waals surface area contributed by atoms with Crippen molar-refractivity contribution < 1.29 is 5.11 Å². The lowest BCUT2D eigenvalue weighted by molar-refractivity contribution is 0.134. The van der Waals surface area contributed by atoms with Gasteiger partial charge in [0, 0.05) is 0 Å². The topological polar surface area (TPSA) is 32.3 Å². The number of hydrogen-bond acceptors (Lipinski definition) is 2. The first kappa shape index (κ1) is 11.6. The highest BCUT2D eigenvalue weighted by Crippen LogP contribution is 2.26. The van der Waals surface area contributed by atoms with Crippen molar-refractivity contribution in [3.63, 3.8) is 0 Å². The Hall–Kier alpha value is -0.860. The Morgan fingerprint density at radius 2 is 2.25 bits per heavy atom. The van der Waals surface area contributed by atoms with E-state index in [1.807, 2.05) is 18.2 Å². The molecule has 88 valence electrons. The zero-order valence-electron chi connectivity index (χ0n) is 9.95. The van der Waals surface area contributed by atoms with E-state index >= 15 is 0 Å². The Morgan fingerprint density at radius 3 is 2.94 bits per heavy atom. The van der Waals surface area contributed by atoms with E-state index in [2.05, 4.69) is 18.3 Å². The van der Waals surface area contributed by atoms with Gasteiger partial charge in [0.2, 0.25) is 0 Å². The minimum absolute atomic E-state index is 0.300. The summed E-state index contributed by atoms with van der Waals surface area (Å²) in [7, 11) is 0. The van der Waals surface area contributed by atoms with Crippen molar-refractivity contribution in [3.8, 4) is 0 Å². The second-order valence-electron chi connectivity index (χ2n) is 4.82. The molecule has 2 unspecified atom stereocenters. The monoisotopic (exact) mass is 219 g/mol. The van der Waals surface area contributed by atoms with Crippen LogP contribution in [0.5, 0.6) is 0 Å². The Kier molecular flexibility index (Phi) is 3.97. The summed E-state index contributed by atoms with van der Waals surface area (Å²) in [4.78, 5) is 0. The molecule has 2 atom stereocenters. The normalized spacial score (nSPS) is 23.0. The lowest BCUT2D eigenvalue weighted by atomic mass is 9.90. The summed E-state index contributed by atoms with van der Waals surface area (Å²) in [5.41, 5.74) is 2.28. The van der Waals surface area contributed by atoms with Gasteiger partial charge in [-0.1, -0.05) is 24.3 Å². The predicted octanol–water partition coefficient (Wildman–Crippen LogP) is 2.42. The van der Waals surface area contributed by atoms with Crippen LogP contribution in [-0.4, -0.2) is 18.2 Å². The Labute approximate surface area is 97.7 Å². The van der Waals surface area contributed by atoms with Crippen LogP contribution in [0.25, 0.3) is 0 Å². The third-order valence-corrected chi connectivity index (χ3v) is 3.50. The van der Waals surface area contributed by atoms with Crippen molar-refractivity contribution in [1.29, 1.82) is 0 Å². The maximum absolute atomic E-state index is 10.2. The zero-order valence-corrected chi connectivity index (χ0v) is 9.95. The van der Waals surface area contributed by atoms with Crippen molar-refractivity contribution in [1.82, 2.24) is 5.32 Å². The summed E-state index contributed by atoms with van der Waals surface area (Å²) in [5, 5.41) is 13.6. The molecule has 2 N–H and O–H groups in total. The van der Waals surface area contributed by atoms with E-state index in [4.69, 9.17) is 0 Å². The molecular weight excluding hydrogens is 198 g/mol. The third kappa shape index (κ3) is 2.83. The average Bonchev–Trinajstić information content (AvgIpc) is 2.31. The number of rotatable bonds is 3. The molecule has 0 bridgehead atoms. The third-order valence-electron chi connectivity index (χ3n) is 3.50. The van der Waals surface area contributed by atoms with E-state index in [-0.39, 0.29) is 6.10 Å². The maximum atomic E-state index is 10.2. The Bertz CT molecular complexity index is 331. The lowest BCUT2D eigenvalue weighted by Crippen LogP contribution is -2.30. The molecule has 1 aliphatic rings. The van der Waals surface area contributed by atoms with Crippen molar-refractivity contribution in [2.45, 2.75) is 32.3 Å². The van der Waals surface area contributed by atoms with E-state index in [9.17, 15) is 5.11 Å². The van der Waals surface area contributed by atoms with Gasteiger partial charge in [-0.2, -0.15) is 0 Å². The van der Waals surface area contributed by atoms with Crippen LogP contribution < -0.4 is 5.32 Å². The molecule has 0 aliphatic carbocycles. The first-order valence-corrected chi connectivity index (χ1v) is 6.21. The molecule has 0 radical (unpaired) electrons. The molecule has 1 heterocycles. The van der Waals surface area contributed by atoms with E-state index in [1.165, 1.54) is 18.4 Å². The van der Waals surface area contributed by atoms with Crippen LogP contribution in [0.4, 0.5) is 0 Å². The predicted molar refractivity (Wildman–Crippen MR) is 66.3 cm³/mol. The molecule has 1 aromatic rings. The second-order valence-corrected chi connectivity index (χ2v) is 4.82. The van der Waals surface area contributed by atoms with Gasteiger partial charge in [-0.15, -0.1) is 0 Å². The van der Waals surface area contributed by atoms with Crippen molar-refractivity contribution in [2.24, 2.45) is 5.92 Å². The lowest BCUT2D eigenvalue weighted by Gasteiger charge is -2.25. The van der Waals surface area contributed by atoms with Crippen LogP contribution in [0.3, 0.4) is 0 Å². The molecule has 1 aliphatic heterocycles. The zero-order chi connectivity index (χ0) is 11.4.